The molecule has 0 aliphatic carbocycles. The van der Waals surface area contributed by atoms with E-state index in [9.17, 15) is 4.39 Å². The lowest BCUT2D eigenvalue weighted by atomic mass is 10.2. The van der Waals surface area contributed by atoms with Gasteiger partial charge in [0.25, 0.3) is 0 Å². The van der Waals surface area contributed by atoms with E-state index in [0.717, 1.165) is 16.2 Å². The highest BCUT2D eigenvalue weighted by Gasteiger charge is 2.12. The second-order valence-corrected chi connectivity index (χ2v) is 6.47. The Morgan fingerprint density at radius 1 is 0.960 bits per heavy atom. The van der Waals surface area contributed by atoms with Crippen molar-refractivity contribution in [2.45, 2.75) is 17.3 Å². The molecule has 0 amide bonds. The van der Waals surface area contributed by atoms with E-state index in [0.29, 0.717) is 23.5 Å². The van der Waals surface area contributed by atoms with E-state index >= 15 is 0 Å². The van der Waals surface area contributed by atoms with Crippen LogP contribution in [0.15, 0.2) is 66.0 Å². The predicted octanol–water partition coefficient (Wildman–Crippen LogP) is 3.70. The zero-order valence-electron chi connectivity index (χ0n) is 13.2. The first-order valence-electron chi connectivity index (χ1n) is 7.75. The van der Waals surface area contributed by atoms with Gasteiger partial charge in [0.2, 0.25) is 0 Å². The summed E-state index contributed by atoms with van der Waals surface area (Å²) in [6, 6.07) is 16.6. The van der Waals surface area contributed by atoms with E-state index in [1.54, 1.807) is 10.7 Å². The molecule has 0 unspecified atom stereocenters. The van der Waals surface area contributed by atoms with Gasteiger partial charge in [0.05, 0.1) is 6.54 Å². The summed E-state index contributed by atoms with van der Waals surface area (Å²) in [7, 11) is 0. The van der Waals surface area contributed by atoms with Gasteiger partial charge in [-0.15, -0.1) is 5.10 Å². The maximum Gasteiger partial charge on any atom is 0.183 e. The predicted molar refractivity (Wildman–Crippen MR) is 94.6 cm³/mol. The van der Waals surface area contributed by atoms with Crippen LogP contribution in [0.2, 0.25) is 0 Å². The quantitative estimate of drug-likeness (QED) is 0.405. The van der Waals surface area contributed by atoms with Gasteiger partial charge in [0, 0.05) is 5.75 Å². The summed E-state index contributed by atoms with van der Waals surface area (Å²) in [5, 5.41) is 9.19. The van der Waals surface area contributed by atoms with Gasteiger partial charge in [0.1, 0.15) is 17.2 Å². The lowest BCUT2D eigenvalue weighted by Gasteiger charge is -2.03. The smallest absolute Gasteiger partial charge is 0.183 e. The van der Waals surface area contributed by atoms with Crippen LogP contribution < -0.4 is 0 Å². The van der Waals surface area contributed by atoms with Crippen molar-refractivity contribution in [1.82, 2.24) is 25.0 Å². The van der Waals surface area contributed by atoms with Crippen LogP contribution in [0.25, 0.3) is 11.2 Å². The van der Waals surface area contributed by atoms with Crippen LogP contribution in [0.3, 0.4) is 0 Å². The van der Waals surface area contributed by atoms with Crippen LogP contribution in [0.4, 0.5) is 4.39 Å². The first-order chi connectivity index (χ1) is 12.3. The fraction of sp³-hybridized carbons (Fsp3) is 0.111. The van der Waals surface area contributed by atoms with Crippen molar-refractivity contribution in [1.29, 1.82) is 0 Å². The van der Waals surface area contributed by atoms with Gasteiger partial charge in [0.15, 0.2) is 11.2 Å². The number of halogens is 1. The van der Waals surface area contributed by atoms with E-state index in [1.807, 2.05) is 36.4 Å². The minimum absolute atomic E-state index is 0.236. The van der Waals surface area contributed by atoms with E-state index in [-0.39, 0.29) is 5.82 Å². The number of aromatic nitrogens is 5. The summed E-state index contributed by atoms with van der Waals surface area (Å²) in [5.41, 5.74) is 3.38. The fourth-order valence-corrected chi connectivity index (χ4v) is 3.39. The van der Waals surface area contributed by atoms with Gasteiger partial charge in [-0.2, -0.15) is 0 Å². The van der Waals surface area contributed by atoms with E-state index in [4.69, 9.17) is 0 Å². The third-order valence-electron chi connectivity index (χ3n) is 3.71. The summed E-state index contributed by atoms with van der Waals surface area (Å²) in [4.78, 5) is 8.63. The largest absolute Gasteiger partial charge is 0.227 e. The molecule has 2 aromatic heterocycles. The first-order valence-corrected chi connectivity index (χ1v) is 8.73. The molecule has 0 saturated heterocycles. The Balaban J connectivity index is 1.58. The lowest BCUT2D eigenvalue weighted by molar-refractivity contribution is 0.626. The van der Waals surface area contributed by atoms with E-state index < -0.39 is 0 Å². The normalized spacial score (nSPS) is 11.1. The Labute approximate surface area is 147 Å². The number of hydrogen-bond donors (Lipinski definition) is 0. The summed E-state index contributed by atoms with van der Waals surface area (Å²) < 4.78 is 15.1. The molecule has 4 aromatic rings. The molecule has 7 heteroatoms. The van der Waals surface area contributed by atoms with Crippen molar-refractivity contribution < 1.29 is 4.39 Å². The van der Waals surface area contributed by atoms with Crippen LogP contribution in [0.5, 0.6) is 0 Å². The maximum atomic E-state index is 13.3. The van der Waals surface area contributed by atoms with Crippen molar-refractivity contribution >= 4 is 22.9 Å². The molecule has 0 aliphatic heterocycles. The zero-order chi connectivity index (χ0) is 17.1. The standard InChI is InChI=1S/C18H14FN5S/c19-15-8-4-7-14(9-15)11-25-18-16-17(20-12-21-18)24(23-22-16)10-13-5-2-1-3-6-13/h1-9,12H,10-11H2. The molecule has 2 aromatic carbocycles. The maximum absolute atomic E-state index is 13.3. The molecule has 124 valence electrons. The van der Waals surface area contributed by atoms with Gasteiger partial charge < -0.3 is 0 Å². The summed E-state index contributed by atoms with van der Waals surface area (Å²) in [6.07, 6.45) is 1.51. The second-order valence-electron chi connectivity index (χ2n) is 5.50. The number of thioether (sulfide) groups is 1. The van der Waals surface area contributed by atoms with Gasteiger partial charge >= 0.3 is 0 Å². The molecular formula is C18H14FN5S. The molecular weight excluding hydrogens is 337 g/mol. The minimum atomic E-state index is -0.236. The highest BCUT2D eigenvalue weighted by molar-refractivity contribution is 7.98. The molecule has 0 N–H and O–H groups in total. The van der Waals surface area contributed by atoms with Crippen molar-refractivity contribution in [3.05, 3.63) is 77.9 Å². The number of benzene rings is 2. The summed E-state index contributed by atoms with van der Waals surface area (Å²) >= 11 is 1.50. The molecule has 0 aliphatic rings. The molecule has 0 bridgehead atoms. The third-order valence-corrected chi connectivity index (χ3v) is 4.76. The van der Waals surface area contributed by atoms with Crippen molar-refractivity contribution in [2.75, 3.05) is 0 Å². The van der Waals surface area contributed by atoms with Gasteiger partial charge in [-0.05, 0) is 23.3 Å². The summed E-state index contributed by atoms with van der Waals surface area (Å²) in [6.45, 7) is 0.600. The Morgan fingerprint density at radius 2 is 1.80 bits per heavy atom. The highest BCUT2D eigenvalue weighted by Crippen LogP contribution is 2.26. The Bertz CT molecular complexity index is 1000. The average Bonchev–Trinajstić information content (AvgIpc) is 3.04. The SMILES string of the molecule is Fc1cccc(CSc2ncnc3c2nnn3Cc2ccccc2)c1. The molecule has 0 fully saturated rings. The van der Waals surface area contributed by atoms with Crippen LogP contribution in [-0.4, -0.2) is 25.0 Å². The van der Waals surface area contributed by atoms with Crippen molar-refractivity contribution in [3.8, 4) is 0 Å². The number of fused-ring (bicyclic) bond motifs is 1. The fourth-order valence-electron chi connectivity index (χ4n) is 2.52. The first kappa shape index (κ1) is 15.7. The van der Waals surface area contributed by atoms with Crippen LogP contribution >= 0.6 is 11.8 Å². The van der Waals surface area contributed by atoms with Crippen LogP contribution in [-0.2, 0) is 12.3 Å². The summed E-state index contributed by atoms with van der Waals surface area (Å²) in [5.74, 6) is 0.370. The topological polar surface area (TPSA) is 56.5 Å². The molecule has 0 atom stereocenters. The second kappa shape index (κ2) is 6.98. The Hall–Kier alpha value is -2.80. The highest BCUT2D eigenvalue weighted by atomic mass is 32.2. The average molecular weight is 351 g/mol. The molecule has 0 radical (unpaired) electrons. The number of nitrogens with zero attached hydrogens (tertiary/aromatic N) is 5. The molecule has 25 heavy (non-hydrogen) atoms. The monoisotopic (exact) mass is 351 g/mol. The van der Waals surface area contributed by atoms with E-state index in [2.05, 4.69) is 20.3 Å². The Kier molecular flexibility index (Phi) is 4.39. The third kappa shape index (κ3) is 3.51. The van der Waals surface area contributed by atoms with Crippen molar-refractivity contribution in [3.63, 3.8) is 0 Å². The molecule has 0 saturated carbocycles. The van der Waals surface area contributed by atoms with Crippen molar-refractivity contribution in [2.24, 2.45) is 0 Å². The van der Waals surface area contributed by atoms with Crippen LogP contribution in [0, 0.1) is 5.82 Å². The zero-order valence-corrected chi connectivity index (χ0v) is 14.0. The van der Waals surface area contributed by atoms with Crippen LogP contribution in [0.1, 0.15) is 11.1 Å². The van der Waals surface area contributed by atoms with Gasteiger partial charge in [-0.3, -0.25) is 0 Å². The van der Waals surface area contributed by atoms with Gasteiger partial charge in [-0.25, -0.2) is 19.0 Å². The molecule has 5 nitrogen and oxygen atoms in total. The van der Waals surface area contributed by atoms with E-state index in [1.165, 1.54) is 30.2 Å². The molecule has 4 rings (SSSR count). The lowest BCUT2D eigenvalue weighted by Crippen LogP contribution is -2.02. The Morgan fingerprint density at radius 3 is 2.64 bits per heavy atom. The number of rotatable bonds is 5. The van der Waals surface area contributed by atoms with Gasteiger partial charge in [-0.1, -0.05) is 59.4 Å². The minimum Gasteiger partial charge on any atom is -0.227 e. The molecule has 0 spiro atoms. The molecule has 2 heterocycles. The number of hydrogen-bond acceptors (Lipinski definition) is 5.